The van der Waals surface area contributed by atoms with Gasteiger partial charge in [-0.15, -0.1) is 24.8 Å². The average molecular weight is 422 g/mol. The highest BCUT2D eigenvalue weighted by atomic mass is 35.5. The van der Waals surface area contributed by atoms with Crippen LogP contribution >= 0.6 is 36.6 Å². The monoisotopic (exact) mass is 421 g/mol. The first-order valence-corrected chi connectivity index (χ1v) is 9.87. The van der Waals surface area contributed by atoms with Crippen LogP contribution in [0.2, 0.25) is 0 Å². The van der Waals surface area contributed by atoms with Crippen molar-refractivity contribution in [2.24, 2.45) is 5.92 Å². The summed E-state index contributed by atoms with van der Waals surface area (Å²) in [4.78, 5) is 14.5. The Kier molecular flexibility index (Phi) is 10.5. The highest BCUT2D eigenvalue weighted by Crippen LogP contribution is 2.26. The Labute approximate surface area is 172 Å². The van der Waals surface area contributed by atoms with Crippen molar-refractivity contribution in [3.63, 3.8) is 0 Å². The lowest BCUT2D eigenvalue weighted by Crippen LogP contribution is -2.42. The Morgan fingerprint density at radius 2 is 2.27 bits per heavy atom. The second-order valence-electron chi connectivity index (χ2n) is 6.54. The van der Waals surface area contributed by atoms with Crippen LogP contribution in [0.3, 0.4) is 0 Å². The lowest BCUT2D eigenvalue weighted by Gasteiger charge is -2.23. The van der Waals surface area contributed by atoms with Crippen molar-refractivity contribution in [2.45, 2.75) is 18.9 Å². The predicted octanol–water partition coefficient (Wildman–Crippen LogP) is 2.58. The second kappa shape index (κ2) is 11.8. The van der Waals surface area contributed by atoms with Crippen molar-refractivity contribution >= 4 is 48.2 Å². The van der Waals surface area contributed by atoms with Crippen molar-refractivity contribution in [3.05, 3.63) is 24.3 Å². The topological polar surface area (TPSA) is 53.6 Å². The molecular weight excluding hydrogens is 393 g/mol. The fourth-order valence-corrected chi connectivity index (χ4v) is 4.30. The first-order valence-electron chi connectivity index (χ1n) is 8.71. The van der Waals surface area contributed by atoms with Gasteiger partial charge in [0, 0.05) is 61.9 Å². The lowest BCUT2D eigenvalue weighted by molar-refractivity contribution is -0.121. The number of rotatable bonds is 6. The van der Waals surface area contributed by atoms with Gasteiger partial charge in [-0.05, 0) is 24.5 Å². The van der Waals surface area contributed by atoms with E-state index in [1.54, 1.807) is 7.11 Å². The number of thioether (sulfide) groups is 1. The molecule has 2 atom stereocenters. The summed E-state index contributed by atoms with van der Waals surface area (Å²) in [5, 5.41) is 6.54. The smallest absolute Gasteiger partial charge is 0.221 e. The summed E-state index contributed by atoms with van der Waals surface area (Å²) >= 11 is 1.93. The van der Waals surface area contributed by atoms with Crippen molar-refractivity contribution in [1.29, 1.82) is 0 Å². The van der Waals surface area contributed by atoms with Crippen LogP contribution in [0.5, 0.6) is 5.75 Å². The zero-order valence-electron chi connectivity index (χ0n) is 15.1. The van der Waals surface area contributed by atoms with Gasteiger partial charge in [0.15, 0.2) is 0 Å². The number of amides is 1. The molecule has 3 rings (SSSR count). The Hall–Kier alpha value is -0.820. The lowest BCUT2D eigenvalue weighted by atomic mass is 10.1. The number of nitrogens with zero attached hydrogens (tertiary/aromatic N) is 1. The third-order valence-corrected chi connectivity index (χ3v) is 5.85. The van der Waals surface area contributed by atoms with E-state index < -0.39 is 0 Å². The SMILES string of the molecule is COc1cccc(N2CCC(CNC(=O)CC3CSCCN3)C2)c1.Cl.Cl. The minimum absolute atomic E-state index is 0. The van der Waals surface area contributed by atoms with Gasteiger partial charge in [-0.2, -0.15) is 11.8 Å². The van der Waals surface area contributed by atoms with E-state index in [4.69, 9.17) is 4.74 Å². The first kappa shape index (κ1) is 23.2. The molecule has 0 aliphatic carbocycles. The molecule has 148 valence electrons. The number of carbonyl (C=O) groups excluding carboxylic acids is 1. The highest BCUT2D eigenvalue weighted by Gasteiger charge is 2.24. The molecule has 0 bridgehead atoms. The van der Waals surface area contributed by atoms with E-state index >= 15 is 0 Å². The summed E-state index contributed by atoms with van der Waals surface area (Å²) in [6, 6.07) is 8.52. The standard InChI is InChI=1S/C18H27N3O2S.2ClH/c1-23-17-4-2-3-16(10-17)21-7-5-14(12-21)11-20-18(22)9-15-13-24-8-6-19-15;;/h2-4,10,14-15,19H,5-9,11-13H2,1H3,(H,20,22);2*1H. The Morgan fingerprint density at radius 1 is 1.42 bits per heavy atom. The molecule has 0 spiro atoms. The molecule has 5 nitrogen and oxygen atoms in total. The maximum atomic E-state index is 12.1. The zero-order chi connectivity index (χ0) is 16.8. The molecule has 2 aliphatic rings. The summed E-state index contributed by atoms with van der Waals surface area (Å²) < 4.78 is 5.30. The van der Waals surface area contributed by atoms with Gasteiger partial charge in [-0.1, -0.05) is 6.07 Å². The summed E-state index contributed by atoms with van der Waals surface area (Å²) in [6.07, 6.45) is 1.72. The van der Waals surface area contributed by atoms with Crippen LogP contribution in [0.25, 0.3) is 0 Å². The van der Waals surface area contributed by atoms with Crippen molar-refractivity contribution in [1.82, 2.24) is 10.6 Å². The molecule has 0 saturated carbocycles. The van der Waals surface area contributed by atoms with Gasteiger partial charge in [0.25, 0.3) is 0 Å². The molecule has 2 heterocycles. The van der Waals surface area contributed by atoms with Gasteiger partial charge < -0.3 is 20.3 Å². The predicted molar refractivity (Wildman–Crippen MR) is 115 cm³/mol. The van der Waals surface area contributed by atoms with Crippen LogP contribution in [-0.4, -0.2) is 56.7 Å². The maximum Gasteiger partial charge on any atom is 0.221 e. The first-order chi connectivity index (χ1) is 11.7. The molecule has 2 aliphatic heterocycles. The molecule has 1 aromatic carbocycles. The molecule has 2 unspecified atom stereocenters. The fraction of sp³-hybridized carbons (Fsp3) is 0.611. The van der Waals surface area contributed by atoms with Gasteiger partial charge in [0.2, 0.25) is 5.91 Å². The van der Waals surface area contributed by atoms with Gasteiger partial charge in [0.05, 0.1) is 7.11 Å². The van der Waals surface area contributed by atoms with Crippen LogP contribution in [0.15, 0.2) is 24.3 Å². The molecule has 26 heavy (non-hydrogen) atoms. The maximum absolute atomic E-state index is 12.1. The highest BCUT2D eigenvalue weighted by molar-refractivity contribution is 7.99. The van der Waals surface area contributed by atoms with E-state index in [9.17, 15) is 4.79 Å². The van der Waals surface area contributed by atoms with E-state index in [-0.39, 0.29) is 30.7 Å². The molecule has 0 aromatic heterocycles. The molecule has 8 heteroatoms. The van der Waals surface area contributed by atoms with Crippen molar-refractivity contribution in [2.75, 3.05) is 49.7 Å². The number of halogens is 2. The quantitative estimate of drug-likeness (QED) is 0.738. The Morgan fingerprint density at radius 3 is 3.00 bits per heavy atom. The van der Waals surface area contributed by atoms with Crippen LogP contribution in [0.1, 0.15) is 12.8 Å². The van der Waals surface area contributed by atoms with Crippen LogP contribution in [-0.2, 0) is 4.79 Å². The number of hydrogen-bond donors (Lipinski definition) is 2. The molecule has 0 radical (unpaired) electrons. The third-order valence-electron chi connectivity index (χ3n) is 4.72. The third kappa shape index (κ3) is 6.72. The minimum atomic E-state index is 0. The van der Waals surface area contributed by atoms with Crippen molar-refractivity contribution in [3.8, 4) is 5.75 Å². The second-order valence-corrected chi connectivity index (χ2v) is 7.69. The van der Waals surface area contributed by atoms with Gasteiger partial charge >= 0.3 is 0 Å². The van der Waals surface area contributed by atoms with E-state index in [2.05, 4.69) is 27.7 Å². The van der Waals surface area contributed by atoms with Crippen LogP contribution < -0.4 is 20.3 Å². The van der Waals surface area contributed by atoms with Gasteiger partial charge in [0.1, 0.15) is 5.75 Å². The molecule has 2 fully saturated rings. The number of methoxy groups -OCH3 is 1. The van der Waals surface area contributed by atoms with Gasteiger partial charge in [-0.3, -0.25) is 4.79 Å². The fourth-order valence-electron chi connectivity index (χ4n) is 3.35. The molecule has 2 saturated heterocycles. The molecule has 1 aromatic rings. The normalized spacial score (nSPS) is 22.1. The summed E-state index contributed by atoms with van der Waals surface area (Å²) in [5.74, 6) is 3.78. The summed E-state index contributed by atoms with van der Waals surface area (Å²) in [6.45, 7) is 3.82. The summed E-state index contributed by atoms with van der Waals surface area (Å²) in [7, 11) is 1.70. The number of anilines is 1. The van der Waals surface area contributed by atoms with Crippen LogP contribution in [0.4, 0.5) is 5.69 Å². The Balaban J connectivity index is 0.00000169. The molecule has 1 amide bonds. The number of carbonyl (C=O) groups is 1. The van der Waals surface area contributed by atoms with E-state index in [1.807, 2.05) is 23.9 Å². The van der Waals surface area contributed by atoms with Crippen molar-refractivity contribution < 1.29 is 9.53 Å². The minimum Gasteiger partial charge on any atom is -0.497 e. The summed E-state index contributed by atoms with van der Waals surface area (Å²) in [5.41, 5.74) is 1.20. The number of ether oxygens (including phenoxy) is 1. The molecular formula is C18H29Cl2N3O2S. The largest absolute Gasteiger partial charge is 0.497 e. The van der Waals surface area contributed by atoms with Crippen LogP contribution in [0, 0.1) is 5.92 Å². The number of nitrogens with one attached hydrogen (secondary N) is 2. The zero-order valence-corrected chi connectivity index (χ0v) is 17.6. The van der Waals surface area contributed by atoms with E-state index in [1.165, 1.54) is 5.69 Å². The molecule has 2 N–H and O–H groups in total. The average Bonchev–Trinajstić information content (AvgIpc) is 3.10. The van der Waals surface area contributed by atoms with E-state index in [0.29, 0.717) is 18.4 Å². The number of benzene rings is 1. The van der Waals surface area contributed by atoms with Gasteiger partial charge in [-0.25, -0.2) is 0 Å². The Bertz CT molecular complexity index is 559. The van der Waals surface area contributed by atoms with E-state index in [0.717, 1.165) is 49.9 Å². The number of hydrogen-bond acceptors (Lipinski definition) is 5.